The molecule has 0 aliphatic heterocycles. The van der Waals surface area contributed by atoms with E-state index < -0.39 is 18.3 Å². The average Bonchev–Trinajstić information content (AvgIpc) is 2.13. The standard InChI is InChI=1S/C9H18O4/c1-5-3-6(4-10)9(13-2)8(12)7(5)11/h5-12H,3-4H2,1-2H3/t5-,6?,7?,8-,9+/m0/s1. The van der Waals surface area contributed by atoms with E-state index in [1.165, 1.54) is 7.11 Å². The predicted molar refractivity (Wildman–Crippen MR) is 47.2 cm³/mol. The van der Waals surface area contributed by atoms with Crippen molar-refractivity contribution in [3.05, 3.63) is 0 Å². The van der Waals surface area contributed by atoms with Crippen molar-refractivity contribution < 1.29 is 20.1 Å². The summed E-state index contributed by atoms with van der Waals surface area (Å²) in [6.07, 6.45) is -1.39. The summed E-state index contributed by atoms with van der Waals surface area (Å²) in [7, 11) is 1.49. The summed E-state index contributed by atoms with van der Waals surface area (Å²) in [5.41, 5.74) is 0. The van der Waals surface area contributed by atoms with E-state index in [1.807, 2.05) is 6.92 Å². The van der Waals surface area contributed by atoms with Crippen LogP contribution >= 0.6 is 0 Å². The lowest BCUT2D eigenvalue weighted by Crippen LogP contribution is -2.52. The lowest BCUT2D eigenvalue weighted by atomic mass is 9.77. The normalized spacial score (nSPS) is 46.4. The Kier molecular flexibility index (Phi) is 3.67. The molecular weight excluding hydrogens is 172 g/mol. The van der Waals surface area contributed by atoms with E-state index in [4.69, 9.17) is 9.84 Å². The van der Waals surface area contributed by atoms with Crippen molar-refractivity contribution in [1.82, 2.24) is 0 Å². The van der Waals surface area contributed by atoms with Gasteiger partial charge in [0.1, 0.15) is 6.10 Å². The fourth-order valence-corrected chi connectivity index (χ4v) is 2.07. The maximum absolute atomic E-state index is 9.62. The predicted octanol–water partition coefficient (Wildman–Crippen LogP) is -0.629. The molecule has 4 nitrogen and oxygen atoms in total. The maximum Gasteiger partial charge on any atom is 0.107 e. The molecule has 2 unspecified atom stereocenters. The molecule has 1 fully saturated rings. The molecule has 1 saturated carbocycles. The van der Waals surface area contributed by atoms with Crippen LogP contribution in [0, 0.1) is 11.8 Å². The second-order valence-corrected chi connectivity index (χ2v) is 3.84. The minimum atomic E-state index is -0.883. The highest BCUT2D eigenvalue weighted by Gasteiger charge is 2.41. The lowest BCUT2D eigenvalue weighted by molar-refractivity contribution is -0.150. The van der Waals surface area contributed by atoms with Gasteiger partial charge in [0, 0.05) is 19.6 Å². The second-order valence-electron chi connectivity index (χ2n) is 3.84. The molecule has 0 bridgehead atoms. The molecule has 13 heavy (non-hydrogen) atoms. The summed E-state index contributed by atoms with van der Waals surface area (Å²) in [4.78, 5) is 0. The molecule has 5 atom stereocenters. The summed E-state index contributed by atoms with van der Waals surface area (Å²) in [5.74, 6) is -0.0584. The van der Waals surface area contributed by atoms with Crippen molar-refractivity contribution in [2.45, 2.75) is 31.7 Å². The largest absolute Gasteiger partial charge is 0.396 e. The van der Waals surface area contributed by atoms with Crippen LogP contribution in [0.4, 0.5) is 0 Å². The summed E-state index contributed by atoms with van der Waals surface area (Å²) in [5, 5.41) is 28.2. The van der Waals surface area contributed by atoms with Gasteiger partial charge in [-0.3, -0.25) is 0 Å². The first-order chi connectivity index (χ1) is 6.11. The highest BCUT2D eigenvalue weighted by atomic mass is 16.5. The molecule has 4 heteroatoms. The van der Waals surface area contributed by atoms with Crippen LogP contribution in [0.3, 0.4) is 0 Å². The number of methoxy groups -OCH3 is 1. The highest BCUT2D eigenvalue weighted by Crippen LogP contribution is 2.31. The average molecular weight is 190 g/mol. The highest BCUT2D eigenvalue weighted by molar-refractivity contribution is 4.91. The molecule has 0 heterocycles. The summed E-state index contributed by atoms with van der Waals surface area (Å²) in [6, 6.07) is 0. The fraction of sp³-hybridized carbons (Fsp3) is 1.00. The maximum atomic E-state index is 9.62. The van der Waals surface area contributed by atoms with Gasteiger partial charge in [0.15, 0.2) is 0 Å². The van der Waals surface area contributed by atoms with Crippen molar-refractivity contribution in [2.24, 2.45) is 11.8 Å². The molecule has 3 N–H and O–H groups in total. The van der Waals surface area contributed by atoms with Gasteiger partial charge in [0.2, 0.25) is 0 Å². The first kappa shape index (κ1) is 10.9. The van der Waals surface area contributed by atoms with E-state index >= 15 is 0 Å². The van der Waals surface area contributed by atoms with Gasteiger partial charge in [0.05, 0.1) is 12.2 Å². The van der Waals surface area contributed by atoms with E-state index in [9.17, 15) is 10.2 Å². The first-order valence-electron chi connectivity index (χ1n) is 4.61. The van der Waals surface area contributed by atoms with Gasteiger partial charge in [0.25, 0.3) is 0 Å². The zero-order valence-electron chi connectivity index (χ0n) is 8.05. The third-order valence-corrected chi connectivity index (χ3v) is 2.92. The van der Waals surface area contributed by atoms with E-state index in [0.717, 1.165) is 0 Å². The van der Waals surface area contributed by atoms with Gasteiger partial charge < -0.3 is 20.1 Å². The zero-order chi connectivity index (χ0) is 10.0. The Bertz CT molecular complexity index is 160. The molecule has 0 amide bonds. The molecule has 0 radical (unpaired) electrons. The Hall–Kier alpha value is -0.160. The van der Waals surface area contributed by atoms with Crippen LogP contribution in [-0.4, -0.2) is 47.3 Å². The molecule has 0 saturated heterocycles. The molecular formula is C9H18O4. The van der Waals surface area contributed by atoms with Crippen LogP contribution in [-0.2, 0) is 4.74 Å². The third-order valence-electron chi connectivity index (χ3n) is 2.92. The zero-order valence-corrected chi connectivity index (χ0v) is 8.05. The monoisotopic (exact) mass is 190 g/mol. The Morgan fingerprint density at radius 1 is 1.31 bits per heavy atom. The minimum absolute atomic E-state index is 0.00731. The number of aliphatic hydroxyl groups is 3. The molecule has 1 rings (SSSR count). The van der Waals surface area contributed by atoms with Crippen LogP contribution in [0.25, 0.3) is 0 Å². The number of hydrogen-bond donors (Lipinski definition) is 3. The molecule has 0 aromatic heterocycles. The smallest absolute Gasteiger partial charge is 0.107 e. The van der Waals surface area contributed by atoms with E-state index in [1.54, 1.807) is 0 Å². The molecule has 78 valence electrons. The van der Waals surface area contributed by atoms with E-state index in [2.05, 4.69) is 0 Å². The SMILES string of the molecule is CO[C@@H]1C(CO)C[C@H](C)C(O)[C@@H]1O. The summed E-state index contributed by atoms with van der Waals surface area (Å²) >= 11 is 0. The fourth-order valence-electron chi connectivity index (χ4n) is 2.07. The van der Waals surface area contributed by atoms with Gasteiger partial charge in [-0.05, 0) is 12.3 Å². The van der Waals surface area contributed by atoms with Crippen LogP contribution in [0.1, 0.15) is 13.3 Å². The van der Waals surface area contributed by atoms with Crippen molar-refractivity contribution >= 4 is 0 Å². The Labute approximate surface area is 78.1 Å². The van der Waals surface area contributed by atoms with Gasteiger partial charge in [-0.15, -0.1) is 0 Å². The van der Waals surface area contributed by atoms with Gasteiger partial charge in [-0.1, -0.05) is 6.92 Å². The summed E-state index contributed by atoms with van der Waals surface area (Å²) in [6.45, 7) is 1.86. The minimum Gasteiger partial charge on any atom is -0.396 e. The Morgan fingerprint density at radius 3 is 2.38 bits per heavy atom. The number of rotatable bonds is 2. The molecule has 1 aliphatic rings. The Balaban J connectivity index is 2.69. The van der Waals surface area contributed by atoms with Gasteiger partial charge in [-0.2, -0.15) is 0 Å². The molecule has 0 spiro atoms. The van der Waals surface area contributed by atoms with Gasteiger partial charge >= 0.3 is 0 Å². The van der Waals surface area contributed by atoms with Crippen LogP contribution in [0.5, 0.6) is 0 Å². The van der Waals surface area contributed by atoms with E-state index in [0.29, 0.717) is 6.42 Å². The number of ether oxygens (including phenoxy) is 1. The Morgan fingerprint density at radius 2 is 1.92 bits per heavy atom. The van der Waals surface area contributed by atoms with E-state index in [-0.39, 0.29) is 18.4 Å². The molecule has 0 aromatic carbocycles. The molecule has 0 aromatic rings. The van der Waals surface area contributed by atoms with Crippen molar-refractivity contribution in [1.29, 1.82) is 0 Å². The first-order valence-corrected chi connectivity index (χ1v) is 4.61. The van der Waals surface area contributed by atoms with Crippen molar-refractivity contribution in [3.63, 3.8) is 0 Å². The van der Waals surface area contributed by atoms with Crippen LogP contribution in [0.2, 0.25) is 0 Å². The number of aliphatic hydroxyl groups excluding tert-OH is 3. The lowest BCUT2D eigenvalue weighted by Gasteiger charge is -2.40. The van der Waals surface area contributed by atoms with Crippen molar-refractivity contribution in [3.8, 4) is 0 Å². The number of hydrogen-bond acceptors (Lipinski definition) is 4. The topological polar surface area (TPSA) is 69.9 Å². The van der Waals surface area contributed by atoms with Crippen LogP contribution in [0.15, 0.2) is 0 Å². The van der Waals surface area contributed by atoms with Gasteiger partial charge in [-0.25, -0.2) is 0 Å². The molecule has 1 aliphatic carbocycles. The van der Waals surface area contributed by atoms with Crippen LogP contribution < -0.4 is 0 Å². The van der Waals surface area contributed by atoms with Crippen molar-refractivity contribution in [2.75, 3.05) is 13.7 Å². The second kappa shape index (κ2) is 4.37. The quantitative estimate of drug-likeness (QED) is 0.542. The summed E-state index contributed by atoms with van der Waals surface area (Å²) < 4.78 is 5.06. The third kappa shape index (κ3) is 2.02.